The maximum atomic E-state index is 4.70. The van der Waals surface area contributed by atoms with Crippen molar-refractivity contribution in [1.29, 1.82) is 0 Å². The van der Waals surface area contributed by atoms with E-state index in [-0.39, 0.29) is 24.0 Å². The van der Waals surface area contributed by atoms with Gasteiger partial charge in [-0.25, -0.2) is 9.98 Å². The van der Waals surface area contributed by atoms with E-state index in [9.17, 15) is 0 Å². The molecule has 2 aromatic rings. The molecule has 1 saturated carbocycles. The van der Waals surface area contributed by atoms with Gasteiger partial charge in [0.05, 0.1) is 12.2 Å². The van der Waals surface area contributed by atoms with Crippen LogP contribution in [0.5, 0.6) is 0 Å². The summed E-state index contributed by atoms with van der Waals surface area (Å²) in [5.41, 5.74) is 2.20. The molecule has 1 aliphatic rings. The predicted octanol–water partition coefficient (Wildman–Crippen LogP) is 4.43. The fourth-order valence-electron chi connectivity index (χ4n) is 2.84. The summed E-state index contributed by atoms with van der Waals surface area (Å²) in [5, 5.41) is 10.0. The lowest BCUT2D eigenvalue weighted by Crippen LogP contribution is -2.42. The molecule has 6 heteroatoms. The number of thiazole rings is 1. The maximum Gasteiger partial charge on any atom is 0.191 e. The molecule has 0 unspecified atom stereocenters. The highest BCUT2D eigenvalue weighted by Gasteiger charge is 2.15. The molecule has 130 valence electrons. The van der Waals surface area contributed by atoms with Crippen LogP contribution in [0, 0.1) is 0 Å². The lowest BCUT2D eigenvalue weighted by molar-refractivity contribution is 0.613. The lowest BCUT2D eigenvalue weighted by atomic mass is 10.2. The van der Waals surface area contributed by atoms with Crippen molar-refractivity contribution in [2.24, 2.45) is 4.99 Å². The largest absolute Gasteiger partial charge is 0.357 e. The molecule has 0 atom stereocenters. The number of guanidine groups is 1. The zero-order chi connectivity index (χ0) is 15.9. The number of nitrogens with one attached hydrogen (secondary N) is 2. The van der Waals surface area contributed by atoms with E-state index in [0.717, 1.165) is 23.2 Å². The van der Waals surface area contributed by atoms with Gasteiger partial charge in [0.1, 0.15) is 5.01 Å². The van der Waals surface area contributed by atoms with Gasteiger partial charge in [0, 0.05) is 23.5 Å². The van der Waals surface area contributed by atoms with Crippen LogP contribution in [-0.4, -0.2) is 23.5 Å². The summed E-state index contributed by atoms with van der Waals surface area (Å²) in [6, 6.07) is 10.9. The van der Waals surface area contributed by atoms with Crippen molar-refractivity contribution in [3.05, 3.63) is 41.4 Å². The second kappa shape index (κ2) is 9.98. The fraction of sp³-hybridized carbons (Fsp3) is 0.444. The first-order valence-electron chi connectivity index (χ1n) is 8.40. The van der Waals surface area contributed by atoms with Crippen LogP contribution in [0.1, 0.15) is 38.3 Å². The van der Waals surface area contributed by atoms with Gasteiger partial charge in [-0.3, -0.25) is 0 Å². The van der Waals surface area contributed by atoms with Crippen LogP contribution in [-0.2, 0) is 6.54 Å². The summed E-state index contributed by atoms with van der Waals surface area (Å²) >= 11 is 1.68. The van der Waals surface area contributed by atoms with Gasteiger partial charge in [0.25, 0.3) is 0 Å². The third-order valence-corrected chi connectivity index (χ3v) is 4.95. The maximum absolute atomic E-state index is 4.70. The Kier molecular flexibility index (Phi) is 7.98. The zero-order valence-corrected chi connectivity index (χ0v) is 17.1. The smallest absolute Gasteiger partial charge is 0.191 e. The van der Waals surface area contributed by atoms with Gasteiger partial charge in [0.15, 0.2) is 5.96 Å². The van der Waals surface area contributed by atoms with Crippen LogP contribution in [0.15, 0.2) is 40.7 Å². The summed E-state index contributed by atoms with van der Waals surface area (Å²) in [5.74, 6) is 0.911. The van der Waals surface area contributed by atoms with E-state index in [1.165, 1.54) is 31.2 Å². The van der Waals surface area contributed by atoms with Gasteiger partial charge < -0.3 is 10.6 Å². The predicted molar refractivity (Wildman–Crippen MR) is 113 cm³/mol. The second-order valence-electron chi connectivity index (χ2n) is 5.83. The van der Waals surface area contributed by atoms with Crippen molar-refractivity contribution in [3.63, 3.8) is 0 Å². The number of halogens is 1. The molecule has 1 aromatic carbocycles. The normalized spacial score (nSPS) is 15.1. The lowest BCUT2D eigenvalue weighted by Gasteiger charge is -2.16. The van der Waals surface area contributed by atoms with E-state index in [1.54, 1.807) is 11.3 Å². The Morgan fingerprint density at radius 2 is 2.00 bits per heavy atom. The molecule has 0 saturated heterocycles. The Hall–Kier alpha value is -1.15. The van der Waals surface area contributed by atoms with Gasteiger partial charge in [-0.1, -0.05) is 43.2 Å². The SMILES string of the molecule is CCNC(=NCc1csc(-c2ccccc2)n1)NC1CCCC1.I. The first-order valence-corrected chi connectivity index (χ1v) is 9.28. The van der Waals surface area contributed by atoms with E-state index in [0.29, 0.717) is 12.6 Å². The monoisotopic (exact) mass is 456 g/mol. The Balaban J connectivity index is 0.00000208. The number of hydrogen-bond acceptors (Lipinski definition) is 3. The Morgan fingerprint density at radius 1 is 1.25 bits per heavy atom. The second-order valence-corrected chi connectivity index (χ2v) is 6.69. The third-order valence-electron chi connectivity index (χ3n) is 4.01. The molecule has 24 heavy (non-hydrogen) atoms. The number of aliphatic imine (C=N–C) groups is 1. The summed E-state index contributed by atoms with van der Waals surface area (Å²) < 4.78 is 0. The van der Waals surface area contributed by atoms with Gasteiger partial charge in [0.2, 0.25) is 0 Å². The Morgan fingerprint density at radius 3 is 2.71 bits per heavy atom. The van der Waals surface area contributed by atoms with Gasteiger partial charge in [-0.05, 0) is 19.8 Å². The molecule has 3 rings (SSSR count). The average molecular weight is 456 g/mol. The van der Waals surface area contributed by atoms with E-state index >= 15 is 0 Å². The Labute approximate surface area is 165 Å². The standard InChI is InChI=1S/C18H24N4S.HI/c1-2-19-18(22-15-10-6-7-11-15)20-12-16-13-23-17(21-16)14-8-4-3-5-9-14;/h3-5,8-9,13,15H,2,6-7,10-12H2,1H3,(H2,19,20,22);1H. The number of benzene rings is 1. The third kappa shape index (κ3) is 5.44. The summed E-state index contributed by atoms with van der Waals surface area (Å²) in [4.78, 5) is 9.39. The molecule has 4 nitrogen and oxygen atoms in total. The van der Waals surface area contributed by atoms with Crippen molar-refractivity contribution >= 4 is 41.3 Å². The molecule has 0 aliphatic heterocycles. The number of hydrogen-bond donors (Lipinski definition) is 2. The van der Waals surface area contributed by atoms with Crippen molar-refractivity contribution in [1.82, 2.24) is 15.6 Å². The van der Waals surface area contributed by atoms with Gasteiger partial charge in [-0.15, -0.1) is 35.3 Å². The molecular formula is C18H25IN4S. The highest BCUT2D eigenvalue weighted by Crippen LogP contribution is 2.23. The minimum absolute atomic E-state index is 0. The van der Waals surface area contributed by atoms with Crippen LogP contribution in [0.4, 0.5) is 0 Å². The molecule has 1 fully saturated rings. The van der Waals surface area contributed by atoms with Crippen LogP contribution in [0.25, 0.3) is 10.6 Å². The first kappa shape index (κ1) is 19.2. The highest BCUT2D eigenvalue weighted by molar-refractivity contribution is 14.0. The minimum Gasteiger partial charge on any atom is -0.357 e. The number of nitrogens with zero attached hydrogens (tertiary/aromatic N) is 2. The fourth-order valence-corrected chi connectivity index (χ4v) is 3.65. The molecule has 1 heterocycles. The molecule has 1 aliphatic carbocycles. The molecule has 0 spiro atoms. The molecule has 0 bridgehead atoms. The van der Waals surface area contributed by atoms with E-state index in [4.69, 9.17) is 9.98 Å². The minimum atomic E-state index is 0. The van der Waals surface area contributed by atoms with E-state index in [2.05, 4.69) is 35.1 Å². The first-order chi connectivity index (χ1) is 11.3. The molecule has 0 amide bonds. The number of aromatic nitrogens is 1. The molecule has 0 radical (unpaired) electrons. The summed E-state index contributed by atoms with van der Waals surface area (Å²) in [7, 11) is 0. The van der Waals surface area contributed by atoms with Crippen molar-refractivity contribution in [3.8, 4) is 10.6 Å². The molecule has 2 N–H and O–H groups in total. The van der Waals surface area contributed by atoms with Crippen molar-refractivity contribution in [2.45, 2.75) is 45.2 Å². The zero-order valence-electron chi connectivity index (χ0n) is 14.0. The quantitative estimate of drug-likeness (QED) is 0.398. The van der Waals surface area contributed by atoms with E-state index < -0.39 is 0 Å². The highest BCUT2D eigenvalue weighted by atomic mass is 127. The Bertz CT molecular complexity index is 635. The van der Waals surface area contributed by atoms with Crippen molar-refractivity contribution < 1.29 is 0 Å². The number of rotatable bonds is 5. The van der Waals surface area contributed by atoms with Crippen molar-refractivity contribution in [2.75, 3.05) is 6.54 Å². The summed E-state index contributed by atoms with van der Waals surface area (Å²) in [6.45, 7) is 3.60. The van der Waals surface area contributed by atoms with Gasteiger partial charge in [-0.2, -0.15) is 0 Å². The summed E-state index contributed by atoms with van der Waals surface area (Å²) in [6.07, 6.45) is 5.14. The van der Waals surface area contributed by atoms with Crippen LogP contribution >= 0.6 is 35.3 Å². The topological polar surface area (TPSA) is 49.3 Å². The molecular weight excluding hydrogens is 431 g/mol. The van der Waals surface area contributed by atoms with Gasteiger partial charge >= 0.3 is 0 Å². The molecule has 1 aromatic heterocycles. The van der Waals surface area contributed by atoms with Crippen LogP contribution in [0.3, 0.4) is 0 Å². The van der Waals surface area contributed by atoms with Crippen LogP contribution < -0.4 is 10.6 Å². The average Bonchev–Trinajstić information content (AvgIpc) is 3.25. The van der Waals surface area contributed by atoms with E-state index in [1.807, 2.05) is 18.2 Å². The van der Waals surface area contributed by atoms with Crippen LogP contribution in [0.2, 0.25) is 0 Å².